The van der Waals surface area contributed by atoms with E-state index in [0.29, 0.717) is 5.56 Å². The molecule has 1 aliphatic heterocycles. The summed E-state index contributed by atoms with van der Waals surface area (Å²) in [6, 6.07) is 2.65. The van der Waals surface area contributed by atoms with Crippen molar-refractivity contribution >= 4 is 43.6 Å². The zero-order valence-corrected chi connectivity index (χ0v) is 18.8. The van der Waals surface area contributed by atoms with E-state index in [4.69, 9.17) is 25.3 Å². The number of carbonyl (C=O) groups is 1. The molecule has 1 aliphatic rings. The van der Waals surface area contributed by atoms with Crippen LogP contribution >= 0.6 is 11.6 Å². The van der Waals surface area contributed by atoms with Crippen LogP contribution in [-0.2, 0) is 26.6 Å². The van der Waals surface area contributed by atoms with Gasteiger partial charge in [0.2, 0.25) is 5.88 Å². The predicted molar refractivity (Wildman–Crippen MR) is 109 cm³/mol. The van der Waals surface area contributed by atoms with E-state index in [-0.39, 0.29) is 34.9 Å². The standard InChI is InChI=1S/C16H17ClN4O8S2/c1-8-7-9-5-4-6-10(12(9)29-31(8,25)26)30(23,24)21-15(22)18-13-11(17)14(27-2)20-16(19-13)28-3/h4-6,8H,7H2,1-3H3,(H2,18,19,20,21,22). The number of fused-ring (bicyclic) bond motifs is 1. The van der Waals surface area contributed by atoms with Gasteiger partial charge in [-0.15, -0.1) is 0 Å². The van der Waals surface area contributed by atoms with Crippen LogP contribution in [0.15, 0.2) is 23.1 Å². The summed E-state index contributed by atoms with van der Waals surface area (Å²) in [5.41, 5.74) is 0.374. The fraction of sp³-hybridized carbons (Fsp3) is 0.312. The molecule has 1 atom stereocenters. The quantitative estimate of drug-likeness (QED) is 0.581. The molecular weight excluding hydrogens is 476 g/mol. The topological polar surface area (TPSA) is 163 Å². The highest BCUT2D eigenvalue weighted by Gasteiger charge is 2.35. The van der Waals surface area contributed by atoms with E-state index < -0.39 is 36.3 Å². The van der Waals surface area contributed by atoms with E-state index in [0.717, 1.165) is 6.07 Å². The maximum atomic E-state index is 12.8. The highest BCUT2D eigenvalue weighted by Crippen LogP contribution is 2.35. The first-order valence-electron chi connectivity index (χ1n) is 8.53. The number of amides is 2. The number of hydrogen-bond donors (Lipinski definition) is 2. The first-order chi connectivity index (χ1) is 14.5. The lowest BCUT2D eigenvalue weighted by atomic mass is 10.1. The number of hydrogen-bond acceptors (Lipinski definition) is 10. The number of rotatable bonds is 5. The maximum absolute atomic E-state index is 12.8. The van der Waals surface area contributed by atoms with Crippen LogP contribution in [0.5, 0.6) is 17.6 Å². The molecule has 0 radical (unpaired) electrons. The molecule has 1 aromatic heterocycles. The molecule has 12 nitrogen and oxygen atoms in total. The van der Waals surface area contributed by atoms with Gasteiger partial charge in [-0.1, -0.05) is 23.7 Å². The van der Waals surface area contributed by atoms with Crippen molar-refractivity contribution in [1.82, 2.24) is 14.7 Å². The molecule has 15 heteroatoms. The van der Waals surface area contributed by atoms with Gasteiger partial charge in [-0.3, -0.25) is 5.32 Å². The van der Waals surface area contributed by atoms with Crippen LogP contribution in [0.2, 0.25) is 5.02 Å². The summed E-state index contributed by atoms with van der Waals surface area (Å²) in [4.78, 5) is 19.5. The minimum atomic E-state index is -4.53. The smallest absolute Gasteiger partial charge is 0.334 e. The van der Waals surface area contributed by atoms with E-state index in [9.17, 15) is 21.6 Å². The molecule has 168 valence electrons. The summed E-state index contributed by atoms with van der Waals surface area (Å²) in [5, 5.41) is 1.11. The molecule has 0 saturated heterocycles. The third-order valence-electron chi connectivity index (χ3n) is 4.18. The van der Waals surface area contributed by atoms with Crippen molar-refractivity contribution in [3.63, 3.8) is 0 Å². The number of para-hydroxylation sites is 1. The van der Waals surface area contributed by atoms with Crippen LogP contribution in [0.3, 0.4) is 0 Å². The van der Waals surface area contributed by atoms with Crippen molar-refractivity contribution < 1.29 is 35.3 Å². The number of halogens is 1. The second-order valence-corrected chi connectivity index (χ2v) is 10.3. The average Bonchev–Trinajstić information content (AvgIpc) is 2.69. The fourth-order valence-corrected chi connectivity index (χ4v) is 4.98. The molecular formula is C16H17ClN4O8S2. The highest BCUT2D eigenvalue weighted by molar-refractivity contribution is 7.90. The molecule has 1 aromatic carbocycles. The van der Waals surface area contributed by atoms with Gasteiger partial charge in [-0.05, 0) is 25.0 Å². The largest absolute Gasteiger partial charge is 0.480 e. The van der Waals surface area contributed by atoms with Gasteiger partial charge in [0, 0.05) is 0 Å². The Balaban J connectivity index is 1.90. The van der Waals surface area contributed by atoms with Crippen molar-refractivity contribution in [3.05, 3.63) is 28.8 Å². The van der Waals surface area contributed by atoms with Gasteiger partial charge in [0.05, 0.1) is 19.5 Å². The third kappa shape index (κ3) is 4.60. The van der Waals surface area contributed by atoms with Crippen LogP contribution in [0, 0.1) is 0 Å². The number of carbonyl (C=O) groups excluding carboxylic acids is 1. The highest BCUT2D eigenvalue weighted by atomic mass is 35.5. The van der Waals surface area contributed by atoms with Crippen molar-refractivity contribution in [3.8, 4) is 17.6 Å². The second kappa shape index (κ2) is 8.36. The molecule has 0 bridgehead atoms. The number of sulfonamides is 1. The van der Waals surface area contributed by atoms with Gasteiger partial charge in [-0.25, -0.2) is 17.9 Å². The van der Waals surface area contributed by atoms with Crippen LogP contribution in [-0.4, -0.2) is 52.3 Å². The number of anilines is 1. The normalized spacial score (nSPS) is 17.1. The first-order valence-corrected chi connectivity index (χ1v) is 11.9. The number of benzene rings is 1. The zero-order chi connectivity index (χ0) is 23.0. The lowest BCUT2D eigenvalue weighted by molar-refractivity contribution is 0.256. The summed E-state index contributed by atoms with van der Waals surface area (Å²) in [5.74, 6) is -0.748. The Labute approximate surface area is 183 Å². The maximum Gasteiger partial charge on any atom is 0.334 e. The monoisotopic (exact) mass is 492 g/mol. The Morgan fingerprint density at radius 2 is 1.97 bits per heavy atom. The molecule has 0 fully saturated rings. The van der Waals surface area contributed by atoms with Crippen molar-refractivity contribution in [1.29, 1.82) is 0 Å². The number of aromatic nitrogens is 2. The Hall–Kier alpha value is -2.84. The Bertz CT molecular complexity index is 1250. The van der Waals surface area contributed by atoms with Gasteiger partial charge in [0.1, 0.15) is 9.92 Å². The van der Waals surface area contributed by atoms with Crippen LogP contribution < -0.4 is 23.7 Å². The fourth-order valence-electron chi connectivity index (χ4n) is 2.66. The SMILES string of the molecule is COc1nc(NC(=O)NS(=O)(=O)c2cccc3c2OS(=O)(=O)C(C)C3)c(Cl)c(OC)n1. The molecule has 2 N–H and O–H groups in total. The van der Waals surface area contributed by atoms with E-state index in [1.54, 1.807) is 10.8 Å². The number of nitrogens with zero attached hydrogens (tertiary/aromatic N) is 2. The minimum Gasteiger partial charge on any atom is -0.480 e. The molecule has 2 heterocycles. The van der Waals surface area contributed by atoms with Gasteiger partial charge < -0.3 is 13.7 Å². The minimum absolute atomic E-state index is 0.0589. The summed E-state index contributed by atoms with van der Waals surface area (Å²) in [6.07, 6.45) is 0.0589. The summed E-state index contributed by atoms with van der Waals surface area (Å²) >= 11 is 6.03. The van der Waals surface area contributed by atoms with Gasteiger partial charge >= 0.3 is 22.2 Å². The Morgan fingerprint density at radius 1 is 1.26 bits per heavy atom. The van der Waals surface area contributed by atoms with Gasteiger partial charge in [-0.2, -0.15) is 18.4 Å². The lowest BCUT2D eigenvalue weighted by Crippen LogP contribution is -2.36. The molecule has 0 saturated carbocycles. The second-order valence-electron chi connectivity index (χ2n) is 6.28. The molecule has 3 rings (SSSR count). The van der Waals surface area contributed by atoms with Gasteiger partial charge in [0.25, 0.3) is 10.0 Å². The van der Waals surface area contributed by atoms with Crippen LogP contribution in [0.4, 0.5) is 10.6 Å². The van der Waals surface area contributed by atoms with Crippen molar-refractivity contribution in [2.24, 2.45) is 0 Å². The summed E-state index contributed by atoms with van der Waals surface area (Å²) in [7, 11) is -6.00. The molecule has 1 unspecified atom stereocenters. The van der Waals surface area contributed by atoms with Crippen LogP contribution in [0.25, 0.3) is 0 Å². The van der Waals surface area contributed by atoms with E-state index in [1.165, 1.54) is 27.2 Å². The third-order valence-corrected chi connectivity index (χ3v) is 7.43. The zero-order valence-electron chi connectivity index (χ0n) is 16.4. The molecule has 2 amide bonds. The van der Waals surface area contributed by atoms with Gasteiger partial charge in [0.15, 0.2) is 11.6 Å². The number of nitrogens with one attached hydrogen (secondary N) is 2. The number of methoxy groups -OCH3 is 2. The van der Waals surface area contributed by atoms with E-state index in [2.05, 4.69) is 15.3 Å². The first kappa shape index (κ1) is 22.8. The summed E-state index contributed by atoms with van der Waals surface area (Å²) in [6.45, 7) is 1.44. The lowest BCUT2D eigenvalue weighted by Gasteiger charge is -2.24. The number of urea groups is 1. The number of ether oxygens (including phenoxy) is 2. The van der Waals surface area contributed by atoms with Crippen molar-refractivity contribution in [2.75, 3.05) is 19.5 Å². The Kier molecular flexibility index (Phi) is 6.16. The average molecular weight is 493 g/mol. The molecule has 2 aromatic rings. The van der Waals surface area contributed by atoms with Crippen molar-refractivity contribution in [2.45, 2.75) is 23.5 Å². The van der Waals surface area contributed by atoms with Crippen LogP contribution in [0.1, 0.15) is 12.5 Å². The van der Waals surface area contributed by atoms with E-state index in [1.807, 2.05) is 0 Å². The Morgan fingerprint density at radius 3 is 2.61 bits per heavy atom. The summed E-state index contributed by atoms with van der Waals surface area (Å²) < 4.78 is 66.2. The van der Waals surface area contributed by atoms with E-state index >= 15 is 0 Å². The molecule has 31 heavy (non-hydrogen) atoms. The molecule has 0 aliphatic carbocycles. The predicted octanol–water partition coefficient (Wildman–Crippen LogP) is 1.31. The molecule has 0 spiro atoms.